The quantitative estimate of drug-likeness (QED) is 0.742. The summed E-state index contributed by atoms with van der Waals surface area (Å²) in [4.78, 5) is 17.3. The van der Waals surface area contributed by atoms with Crippen molar-refractivity contribution in [3.8, 4) is 5.75 Å². The number of amides is 1. The number of hydrogen-bond acceptors (Lipinski definition) is 3. The first-order chi connectivity index (χ1) is 12.2. The van der Waals surface area contributed by atoms with Gasteiger partial charge < -0.3 is 14.6 Å². The fraction of sp³-hybridized carbons (Fsp3) is 0.300. The number of hydrogen-bond donors (Lipinski definition) is 1. The van der Waals surface area contributed by atoms with Gasteiger partial charge in [0.05, 0.1) is 17.6 Å². The van der Waals surface area contributed by atoms with E-state index in [0.717, 1.165) is 41.1 Å². The van der Waals surface area contributed by atoms with Crippen molar-refractivity contribution in [1.82, 2.24) is 9.55 Å². The number of rotatable bonds is 6. The Morgan fingerprint density at radius 1 is 1.20 bits per heavy atom. The Morgan fingerprint density at radius 2 is 1.96 bits per heavy atom. The van der Waals surface area contributed by atoms with E-state index >= 15 is 0 Å². The van der Waals surface area contributed by atoms with Crippen LogP contribution in [-0.4, -0.2) is 22.1 Å². The van der Waals surface area contributed by atoms with Crippen LogP contribution in [0.4, 0.5) is 5.69 Å². The molecule has 1 amide bonds. The molecule has 0 aliphatic heterocycles. The van der Waals surface area contributed by atoms with Gasteiger partial charge in [0.1, 0.15) is 18.1 Å². The summed E-state index contributed by atoms with van der Waals surface area (Å²) < 4.78 is 7.48. The van der Waals surface area contributed by atoms with Crippen LogP contribution in [0.25, 0.3) is 11.0 Å². The summed E-state index contributed by atoms with van der Waals surface area (Å²) in [5, 5.41) is 2.96. The second kappa shape index (κ2) is 6.59. The van der Waals surface area contributed by atoms with Crippen LogP contribution >= 0.6 is 0 Å². The molecular weight excluding hydrogens is 314 g/mol. The number of anilines is 1. The lowest BCUT2D eigenvalue weighted by molar-refractivity contribution is -0.116. The van der Waals surface area contributed by atoms with E-state index in [1.807, 2.05) is 55.5 Å². The maximum atomic E-state index is 12.5. The maximum Gasteiger partial charge on any atom is 0.244 e. The molecular formula is C20H21N3O2. The number of aromatic nitrogens is 2. The maximum absolute atomic E-state index is 12.5. The molecule has 1 N–H and O–H groups in total. The minimum absolute atomic E-state index is 0.0470. The van der Waals surface area contributed by atoms with E-state index in [1.54, 1.807) is 0 Å². The van der Waals surface area contributed by atoms with Gasteiger partial charge in [0.15, 0.2) is 0 Å². The summed E-state index contributed by atoms with van der Waals surface area (Å²) in [5.41, 5.74) is 2.75. The largest absolute Gasteiger partial charge is 0.494 e. The molecule has 0 saturated heterocycles. The number of para-hydroxylation sites is 2. The number of nitrogens with zero attached hydrogens (tertiary/aromatic N) is 2. The molecule has 4 rings (SSSR count). The van der Waals surface area contributed by atoms with Gasteiger partial charge in [-0.05, 0) is 56.2 Å². The van der Waals surface area contributed by atoms with Gasteiger partial charge in [-0.15, -0.1) is 0 Å². The fourth-order valence-electron chi connectivity index (χ4n) is 3.06. The molecule has 1 heterocycles. The fourth-order valence-corrected chi connectivity index (χ4v) is 3.06. The van der Waals surface area contributed by atoms with Crippen LogP contribution in [0.1, 0.15) is 31.5 Å². The zero-order valence-electron chi connectivity index (χ0n) is 14.2. The smallest absolute Gasteiger partial charge is 0.244 e. The highest BCUT2D eigenvalue weighted by Gasteiger charge is 2.30. The van der Waals surface area contributed by atoms with Crippen LogP contribution in [0.5, 0.6) is 5.75 Å². The highest BCUT2D eigenvalue weighted by atomic mass is 16.5. The summed E-state index contributed by atoms with van der Waals surface area (Å²) in [5.74, 6) is 2.28. The lowest BCUT2D eigenvalue weighted by atomic mass is 10.3. The summed E-state index contributed by atoms with van der Waals surface area (Å²) in [6.45, 7) is 2.85. The predicted molar refractivity (Wildman–Crippen MR) is 97.9 cm³/mol. The number of benzene rings is 2. The third kappa shape index (κ3) is 3.36. The molecule has 1 aliphatic rings. The average molecular weight is 335 g/mol. The first kappa shape index (κ1) is 15.7. The van der Waals surface area contributed by atoms with Crippen molar-refractivity contribution in [2.75, 3.05) is 11.9 Å². The first-order valence-electron chi connectivity index (χ1n) is 8.72. The number of carbonyl (C=O) groups is 1. The summed E-state index contributed by atoms with van der Waals surface area (Å²) in [6.07, 6.45) is 2.31. The Labute approximate surface area is 146 Å². The van der Waals surface area contributed by atoms with Crippen LogP contribution in [0.15, 0.2) is 48.5 Å². The molecule has 5 heteroatoms. The first-order valence-corrected chi connectivity index (χ1v) is 8.72. The molecule has 3 aromatic rings. The highest BCUT2D eigenvalue weighted by molar-refractivity contribution is 5.91. The summed E-state index contributed by atoms with van der Waals surface area (Å²) in [6, 6.07) is 15.4. The topological polar surface area (TPSA) is 56.1 Å². The normalized spacial score (nSPS) is 13.8. The molecule has 0 spiro atoms. The van der Waals surface area contributed by atoms with E-state index in [9.17, 15) is 4.79 Å². The number of carbonyl (C=O) groups excluding carboxylic acids is 1. The van der Waals surface area contributed by atoms with E-state index in [0.29, 0.717) is 12.5 Å². The lowest BCUT2D eigenvalue weighted by Crippen LogP contribution is -2.20. The van der Waals surface area contributed by atoms with Gasteiger partial charge in [-0.25, -0.2) is 4.98 Å². The second-order valence-corrected chi connectivity index (χ2v) is 6.32. The van der Waals surface area contributed by atoms with Crippen molar-refractivity contribution in [2.24, 2.45) is 0 Å². The molecule has 2 aromatic carbocycles. The van der Waals surface area contributed by atoms with Gasteiger partial charge >= 0.3 is 0 Å². The Hall–Kier alpha value is -2.82. The molecule has 25 heavy (non-hydrogen) atoms. The highest BCUT2D eigenvalue weighted by Crippen LogP contribution is 2.40. The molecule has 0 unspecified atom stereocenters. The Balaban J connectivity index is 1.52. The predicted octanol–water partition coefficient (Wildman–Crippen LogP) is 3.95. The van der Waals surface area contributed by atoms with Gasteiger partial charge in [0, 0.05) is 11.6 Å². The van der Waals surface area contributed by atoms with Crippen LogP contribution in [0.2, 0.25) is 0 Å². The molecule has 128 valence electrons. The minimum Gasteiger partial charge on any atom is -0.494 e. The summed E-state index contributed by atoms with van der Waals surface area (Å²) >= 11 is 0. The average Bonchev–Trinajstić information content (AvgIpc) is 3.40. The van der Waals surface area contributed by atoms with Crippen LogP contribution in [-0.2, 0) is 11.3 Å². The van der Waals surface area contributed by atoms with Crippen molar-refractivity contribution in [3.63, 3.8) is 0 Å². The van der Waals surface area contributed by atoms with Crippen LogP contribution < -0.4 is 10.1 Å². The van der Waals surface area contributed by atoms with E-state index in [4.69, 9.17) is 9.72 Å². The van der Waals surface area contributed by atoms with Crippen LogP contribution in [0.3, 0.4) is 0 Å². The van der Waals surface area contributed by atoms with Gasteiger partial charge in [-0.1, -0.05) is 12.1 Å². The molecule has 1 fully saturated rings. The van der Waals surface area contributed by atoms with Crippen molar-refractivity contribution >= 4 is 22.6 Å². The van der Waals surface area contributed by atoms with E-state index in [2.05, 4.69) is 9.88 Å². The zero-order valence-corrected chi connectivity index (χ0v) is 14.2. The van der Waals surface area contributed by atoms with E-state index in [-0.39, 0.29) is 12.5 Å². The molecule has 0 atom stereocenters. The molecule has 1 aromatic heterocycles. The van der Waals surface area contributed by atoms with E-state index < -0.39 is 0 Å². The van der Waals surface area contributed by atoms with Gasteiger partial charge in [-0.3, -0.25) is 4.79 Å². The number of nitrogens with one attached hydrogen (secondary N) is 1. The molecule has 5 nitrogen and oxygen atoms in total. The van der Waals surface area contributed by atoms with E-state index in [1.165, 1.54) is 0 Å². The molecule has 1 saturated carbocycles. The third-order valence-electron chi connectivity index (χ3n) is 4.38. The number of fused-ring (bicyclic) bond motifs is 1. The van der Waals surface area contributed by atoms with Crippen LogP contribution in [0, 0.1) is 0 Å². The SMILES string of the molecule is CCOc1ccc(NC(=O)Cn2c(C3CC3)nc3ccccc32)cc1. The van der Waals surface area contributed by atoms with Gasteiger partial charge in [0.2, 0.25) is 5.91 Å². The Morgan fingerprint density at radius 3 is 2.68 bits per heavy atom. The van der Waals surface area contributed by atoms with Crippen molar-refractivity contribution < 1.29 is 9.53 Å². The summed E-state index contributed by atoms with van der Waals surface area (Å²) in [7, 11) is 0. The van der Waals surface area contributed by atoms with Gasteiger partial charge in [-0.2, -0.15) is 0 Å². The lowest BCUT2D eigenvalue weighted by Gasteiger charge is -2.10. The minimum atomic E-state index is -0.0470. The Bertz CT molecular complexity index is 895. The number of imidazole rings is 1. The van der Waals surface area contributed by atoms with Crippen molar-refractivity contribution in [1.29, 1.82) is 0 Å². The van der Waals surface area contributed by atoms with Gasteiger partial charge in [0.25, 0.3) is 0 Å². The second-order valence-electron chi connectivity index (χ2n) is 6.32. The number of ether oxygens (including phenoxy) is 1. The molecule has 0 bridgehead atoms. The molecule has 1 aliphatic carbocycles. The zero-order chi connectivity index (χ0) is 17.2. The Kier molecular flexibility index (Phi) is 4.14. The van der Waals surface area contributed by atoms with Crippen molar-refractivity contribution in [2.45, 2.75) is 32.2 Å². The monoisotopic (exact) mass is 335 g/mol. The standard InChI is InChI=1S/C20H21N3O2/c1-2-25-16-11-9-15(10-12-16)21-19(24)13-23-18-6-4-3-5-17(18)22-20(23)14-7-8-14/h3-6,9-12,14H,2,7-8,13H2,1H3,(H,21,24). The molecule has 0 radical (unpaired) electrons. The van der Waals surface area contributed by atoms with Crippen molar-refractivity contribution in [3.05, 3.63) is 54.4 Å². The third-order valence-corrected chi connectivity index (χ3v) is 4.38.